The highest BCUT2D eigenvalue weighted by atomic mass is 35.5. The topological polar surface area (TPSA) is 17.1 Å². The molecule has 0 bridgehead atoms. The van der Waals surface area contributed by atoms with E-state index in [9.17, 15) is 4.79 Å². The van der Waals surface area contributed by atoms with E-state index < -0.39 is 0 Å². The molecule has 0 spiro atoms. The van der Waals surface area contributed by atoms with E-state index in [2.05, 4.69) is 0 Å². The standard InChI is InChI=1S/C11H11ClO/c1-7-3-2-4-9(8-5-6-8)10(7)11(12)13/h2-4,8H,5-6H2,1H3. The number of carbonyl (C=O) groups is 1. The van der Waals surface area contributed by atoms with E-state index in [1.54, 1.807) is 0 Å². The molecule has 0 heterocycles. The molecule has 0 radical (unpaired) electrons. The highest BCUT2D eigenvalue weighted by molar-refractivity contribution is 6.68. The van der Waals surface area contributed by atoms with Gasteiger partial charge in [0.25, 0.3) is 5.24 Å². The summed E-state index contributed by atoms with van der Waals surface area (Å²) in [7, 11) is 0. The average molecular weight is 195 g/mol. The van der Waals surface area contributed by atoms with Crippen LogP contribution >= 0.6 is 11.6 Å². The van der Waals surface area contributed by atoms with Gasteiger partial charge >= 0.3 is 0 Å². The fraction of sp³-hybridized carbons (Fsp3) is 0.364. The Balaban J connectivity index is 2.53. The predicted octanol–water partition coefficient (Wildman–Crippen LogP) is 3.25. The molecule has 13 heavy (non-hydrogen) atoms. The van der Waals surface area contributed by atoms with Crippen LogP contribution in [0.25, 0.3) is 0 Å². The van der Waals surface area contributed by atoms with Crippen molar-refractivity contribution in [3.8, 4) is 0 Å². The summed E-state index contributed by atoms with van der Waals surface area (Å²) in [5.41, 5.74) is 2.86. The molecule has 0 atom stereocenters. The fourth-order valence-electron chi connectivity index (χ4n) is 1.69. The molecule has 0 unspecified atom stereocenters. The second kappa shape index (κ2) is 3.15. The second-order valence-corrected chi connectivity index (χ2v) is 3.93. The zero-order valence-electron chi connectivity index (χ0n) is 7.51. The Kier molecular flexibility index (Phi) is 2.12. The van der Waals surface area contributed by atoms with Gasteiger partial charge in [0, 0.05) is 5.56 Å². The smallest absolute Gasteiger partial charge is 0.252 e. The van der Waals surface area contributed by atoms with Crippen LogP contribution in [0, 0.1) is 6.92 Å². The third-order valence-corrected chi connectivity index (χ3v) is 2.71. The number of hydrogen-bond donors (Lipinski definition) is 0. The molecule has 1 nitrogen and oxygen atoms in total. The summed E-state index contributed by atoms with van der Waals surface area (Å²) in [6.07, 6.45) is 2.39. The van der Waals surface area contributed by atoms with Crippen LogP contribution in [0.3, 0.4) is 0 Å². The number of aryl methyl sites for hydroxylation is 1. The minimum Gasteiger partial charge on any atom is -0.276 e. The predicted molar refractivity (Wildman–Crippen MR) is 53.3 cm³/mol. The van der Waals surface area contributed by atoms with E-state index >= 15 is 0 Å². The van der Waals surface area contributed by atoms with E-state index in [1.165, 1.54) is 12.8 Å². The second-order valence-electron chi connectivity index (χ2n) is 3.59. The fourth-order valence-corrected chi connectivity index (χ4v) is 1.95. The number of halogens is 1. The van der Waals surface area contributed by atoms with Gasteiger partial charge in [-0.15, -0.1) is 0 Å². The van der Waals surface area contributed by atoms with E-state index in [0.717, 1.165) is 16.7 Å². The van der Waals surface area contributed by atoms with Crippen LogP contribution in [0.1, 0.15) is 40.2 Å². The lowest BCUT2D eigenvalue weighted by Gasteiger charge is -2.06. The Labute approximate surface area is 82.7 Å². The van der Waals surface area contributed by atoms with Crippen LogP contribution < -0.4 is 0 Å². The van der Waals surface area contributed by atoms with Gasteiger partial charge < -0.3 is 0 Å². The Morgan fingerprint density at radius 3 is 2.69 bits per heavy atom. The molecule has 1 aliphatic carbocycles. The minimum absolute atomic E-state index is 0.319. The molecular formula is C11H11ClO. The molecule has 1 fully saturated rings. The molecule has 68 valence electrons. The Bertz CT molecular complexity index is 353. The summed E-state index contributed by atoms with van der Waals surface area (Å²) in [6, 6.07) is 5.94. The van der Waals surface area contributed by atoms with E-state index in [1.807, 2.05) is 25.1 Å². The van der Waals surface area contributed by atoms with Gasteiger partial charge in [0.2, 0.25) is 0 Å². The third-order valence-electron chi connectivity index (χ3n) is 2.52. The summed E-state index contributed by atoms with van der Waals surface area (Å²) in [5, 5.41) is -0.319. The molecule has 0 amide bonds. The summed E-state index contributed by atoms with van der Waals surface area (Å²) < 4.78 is 0. The van der Waals surface area contributed by atoms with Gasteiger partial charge in [-0.25, -0.2) is 0 Å². The van der Waals surface area contributed by atoms with Crippen molar-refractivity contribution < 1.29 is 4.79 Å². The lowest BCUT2D eigenvalue weighted by atomic mass is 9.99. The normalized spacial score (nSPS) is 15.8. The van der Waals surface area contributed by atoms with Gasteiger partial charge in [-0.1, -0.05) is 18.2 Å². The molecule has 0 saturated heterocycles. The zero-order valence-corrected chi connectivity index (χ0v) is 8.27. The molecular weight excluding hydrogens is 184 g/mol. The maximum atomic E-state index is 11.2. The molecule has 0 aromatic heterocycles. The first-order valence-corrected chi connectivity index (χ1v) is 4.87. The van der Waals surface area contributed by atoms with Gasteiger partial charge in [0.05, 0.1) is 0 Å². The largest absolute Gasteiger partial charge is 0.276 e. The van der Waals surface area contributed by atoms with Crippen molar-refractivity contribution in [1.82, 2.24) is 0 Å². The number of rotatable bonds is 2. The van der Waals surface area contributed by atoms with Crippen LogP contribution in [-0.4, -0.2) is 5.24 Å². The van der Waals surface area contributed by atoms with Gasteiger partial charge in [-0.3, -0.25) is 4.79 Å². The maximum absolute atomic E-state index is 11.2. The molecule has 1 saturated carbocycles. The van der Waals surface area contributed by atoms with Crippen molar-refractivity contribution in [1.29, 1.82) is 0 Å². The SMILES string of the molecule is Cc1cccc(C2CC2)c1C(=O)Cl. The third kappa shape index (κ3) is 1.61. The van der Waals surface area contributed by atoms with Crippen LogP contribution in [0.4, 0.5) is 0 Å². The highest BCUT2D eigenvalue weighted by Crippen LogP contribution is 2.42. The van der Waals surface area contributed by atoms with Crippen LogP contribution in [0.5, 0.6) is 0 Å². The molecule has 0 aliphatic heterocycles. The number of benzene rings is 1. The maximum Gasteiger partial charge on any atom is 0.252 e. The quantitative estimate of drug-likeness (QED) is 0.661. The summed E-state index contributed by atoms with van der Waals surface area (Å²) in [5.74, 6) is 0.581. The van der Waals surface area contributed by atoms with Crippen LogP contribution in [-0.2, 0) is 0 Å². The first-order chi connectivity index (χ1) is 6.20. The van der Waals surface area contributed by atoms with Crippen molar-refractivity contribution in [3.63, 3.8) is 0 Å². The Morgan fingerprint density at radius 2 is 2.15 bits per heavy atom. The minimum atomic E-state index is -0.319. The van der Waals surface area contributed by atoms with Crippen molar-refractivity contribution >= 4 is 16.8 Å². The van der Waals surface area contributed by atoms with Gasteiger partial charge in [-0.2, -0.15) is 0 Å². The van der Waals surface area contributed by atoms with Crippen molar-refractivity contribution in [2.75, 3.05) is 0 Å². The summed E-state index contributed by atoms with van der Waals surface area (Å²) in [6.45, 7) is 1.93. The Morgan fingerprint density at radius 1 is 1.46 bits per heavy atom. The Hall–Kier alpha value is -0.820. The molecule has 2 rings (SSSR count). The molecule has 1 aromatic rings. The van der Waals surface area contributed by atoms with E-state index in [0.29, 0.717) is 5.92 Å². The van der Waals surface area contributed by atoms with Crippen molar-refractivity contribution in [2.24, 2.45) is 0 Å². The van der Waals surface area contributed by atoms with Crippen molar-refractivity contribution in [2.45, 2.75) is 25.7 Å². The molecule has 1 aromatic carbocycles. The van der Waals surface area contributed by atoms with Gasteiger partial charge in [-0.05, 0) is 48.4 Å². The lowest BCUT2D eigenvalue weighted by Crippen LogP contribution is -1.99. The first-order valence-electron chi connectivity index (χ1n) is 4.49. The first kappa shape index (κ1) is 8.76. The van der Waals surface area contributed by atoms with Gasteiger partial charge in [0.1, 0.15) is 0 Å². The van der Waals surface area contributed by atoms with E-state index in [4.69, 9.17) is 11.6 Å². The molecule has 1 aliphatic rings. The van der Waals surface area contributed by atoms with Crippen molar-refractivity contribution in [3.05, 3.63) is 34.9 Å². The summed E-state index contributed by atoms with van der Waals surface area (Å²) >= 11 is 5.55. The molecule has 0 N–H and O–H groups in total. The number of hydrogen-bond acceptors (Lipinski definition) is 1. The highest BCUT2D eigenvalue weighted by Gasteiger charge is 2.28. The van der Waals surface area contributed by atoms with Crippen LogP contribution in [0.2, 0.25) is 0 Å². The van der Waals surface area contributed by atoms with Crippen LogP contribution in [0.15, 0.2) is 18.2 Å². The summed E-state index contributed by atoms with van der Waals surface area (Å²) in [4.78, 5) is 11.2. The monoisotopic (exact) mass is 194 g/mol. The molecule has 2 heteroatoms. The van der Waals surface area contributed by atoms with Gasteiger partial charge in [0.15, 0.2) is 0 Å². The average Bonchev–Trinajstić information content (AvgIpc) is 2.85. The zero-order chi connectivity index (χ0) is 9.42. The lowest BCUT2D eigenvalue weighted by molar-refractivity contribution is 0.108. The number of carbonyl (C=O) groups excluding carboxylic acids is 1. The van der Waals surface area contributed by atoms with E-state index in [-0.39, 0.29) is 5.24 Å².